The van der Waals surface area contributed by atoms with Gasteiger partial charge < -0.3 is 5.32 Å². The Bertz CT molecular complexity index is 386. The maximum absolute atomic E-state index is 3.48. The van der Waals surface area contributed by atoms with E-state index in [1.54, 1.807) is 0 Å². The first-order valence-electron chi connectivity index (χ1n) is 8.22. The Labute approximate surface area is 127 Å². The van der Waals surface area contributed by atoms with Crippen molar-refractivity contribution >= 4 is 11.3 Å². The molecule has 0 radical (unpaired) electrons. The molecule has 2 aliphatic rings. The molecule has 0 aliphatic heterocycles. The van der Waals surface area contributed by atoms with Gasteiger partial charge in [0.2, 0.25) is 0 Å². The minimum absolute atomic E-state index is 0.535. The van der Waals surface area contributed by atoms with Crippen LogP contribution in [0.15, 0.2) is 17.5 Å². The molecule has 1 aromatic heterocycles. The molecule has 0 unspecified atom stereocenters. The lowest BCUT2D eigenvalue weighted by Crippen LogP contribution is -2.45. The smallest absolute Gasteiger partial charge is 0.0331 e. The molecule has 2 nitrogen and oxygen atoms in total. The van der Waals surface area contributed by atoms with Crippen molar-refractivity contribution < 1.29 is 0 Å². The highest BCUT2D eigenvalue weighted by atomic mass is 32.1. The zero-order valence-corrected chi connectivity index (χ0v) is 13.6. The van der Waals surface area contributed by atoms with Gasteiger partial charge in [0.1, 0.15) is 0 Å². The lowest BCUT2D eigenvalue weighted by molar-refractivity contribution is 0.0950. The molecular weight excluding hydrogens is 264 g/mol. The van der Waals surface area contributed by atoms with E-state index in [9.17, 15) is 0 Å². The van der Waals surface area contributed by atoms with Crippen LogP contribution in [-0.2, 0) is 6.54 Å². The highest BCUT2D eigenvalue weighted by Gasteiger charge is 2.38. The van der Waals surface area contributed by atoms with Gasteiger partial charge in [0.15, 0.2) is 0 Å². The molecular formula is C17H28N2S. The van der Waals surface area contributed by atoms with Crippen molar-refractivity contribution in [3.05, 3.63) is 22.4 Å². The second kappa shape index (κ2) is 6.59. The fourth-order valence-corrected chi connectivity index (χ4v) is 4.58. The van der Waals surface area contributed by atoms with E-state index in [1.807, 2.05) is 11.3 Å². The molecule has 0 amide bonds. The predicted molar refractivity (Wildman–Crippen MR) is 87.2 cm³/mol. The molecule has 0 bridgehead atoms. The number of hydrogen-bond acceptors (Lipinski definition) is 3. The first kappa shape index (κ1) is 14.6. The summed E-state index contributed by atoms with van der Waals surface area (Å²) in [5.74, 6) is 0. The van der Waals surface area contributed by atoms with Crippen LogP contribution in [-0.4, -0.2) is 31.1 Å². The van der Waals surface area contributed by atoms with Crippen LogP contribution in [0.5, 0.6) is 0 Å². The standard InChI is InChI=1S/C17H28N2S/c1-18-13-17(9-3-2-4-10-17)14-19(15-7-8-15)12-16-6-5-11-20-16/h5-6,11,15,18H,2-4,7-10,12-14H2,1H3. The largest absolute Gasteiger partial charge is 0.319 e. The Kier molecular flexibility index (Phi) is 4.79. The maximum Gasteiger partial charge on any atom is 0.0331 e. The number of rotatable bonds is 7. The summed E-state index contributed by atoms with van der Waals surface area (Å²) in [7, 11) is 2.12. The molecule has 2 aliphatic carbocycles. The number of thiophene rings is 1. The van der Waals surface area contributed by atoms with Crippen LogP contribution in [0.3, 0.4) is 0 Å². The number of hydrogen-bond donors (Lipinski definition) is 1. The molecule has 3 rings (SSSR count). The van der Waals surface area contributed by atoms with E-state index < -0.39 is 0 Å². The van der Waals surface area contributed by atoms with Gasteiger partial charge in [-0.2, -0.15) is 0 Å². The van der Waals surface area contributed by atoms with E-state index in [0.717, 1.165) is 6.04 Å². The first-order chi connectivity index (χ1) is 9.81. The van der Waals surface area contributed by atoms with Gasteiger partial charge in [-0.25, -0.2) is 0 Å². The van der Waals surface area contributed by atoms with E-state index in [2.05, 4.69) is 34.8 Å². The first-order valence-corrected chi connectivity index (χ1v) is 9.10. The van der Waals surface area contributed by atoms with Crippen LogP contribution in [0.2, 0.25) is 0 Å². The average molecular weight is 292 g/mol. The fourth-order valence-electron chi connectivity index (χ4n) is 3.85. The summed E-state index contributed by atoms with van der Waals surface area (Å²) >= 11 is 1.91. The summed E-state index contributed by atoms with van der Waals surface area (Å²) in [5, 5.41) is 5.69. The monoisotopic (exact) mass is 292 g/mol. The fraction of sp³-hybridized carbons (Fsp3) is 0.765. The second-order valence-electron chi connectivity index (χ2n) is 6.81. The van der Waals surface area contributed by atoms with E-state index in [-0.39, 0.29) is 0 Å². The van der Waals surface area contributed by atoms with Crippen molar-refractivity contribution in [1.29, 1.82) is 0 Å². The molecule has 1 aromatic rings. The van der Waals surface area contributed by atoms with Crippen LogP contribution in [0.25, 0.3) is 0 Å². The van der Waals surface area contributed by atoms with Crippen molar-refractivity contribution in [3.63, 3.8) is 0 Å². The number of nitrogens with zero attached hydrogens (tertiary/aromatic N) is 1. The third-order valence-corrected chi connectivity index (χ3v) is 5.87. The van der Waals surface area contributed by atoms with Gasteiger partial charge >= 0.3 is 0 Å². The highest BCUT2D eigenvalue weighted by Crippen LogP contribution is 2.40. The molecule has 112 valence electrons. The summed E-state index contributed by atoms with van der Waals surface area (Å²) in [6.07, 6.45) is 9.98. The predicted octanol–water partition coefficient (Wildman–Crippen LogP) is 3.88. The molecule has 0 saturated heterocycles. The third-order valence-electron chi connectivity index (χ3n) is 5.01. The van der Waals surface area contributed by atoms with Crippen molar-refractivity contribution in [2.45, 2.75) is 57.5 Å². The SMILES string of the molecule is CNCC1(CN(Cc2cccs2)C2CC2)CCCCC1. The molecule has 1 N–H and O–H groups in total. The zero-order valence-electron chi connectivity index (χ0n) is 12.7. The van der Waals surface area contributed by atoms with E-state index in [4.69, 9.17) is 0 Å². The van der Waals surface area contributed by atoms with Crippen molar-refractivity contribution in [3.8, 4) is 0 Å². The Morgan fingerprint density at radius 3 is 2.70 bits per heavy atom. The van der Waals surface area contributed by atoms with Crippen LogP contribution < -0.4 is 5.32 Å². The lowest BCUT2D eigenvalue weighted by Gasteiger charge is -2.41. The summed E-state index contributed by atoms with van der Waals surface area (Å²) in [5.41, 5.74) is 0.535. The molecule has 20 heavy (non-hydrogen) atoms. The van der Waals surface area contributed by atoms with Crippen LogP contribution in [0, 0.1) is 5.41 Å². The minimum Gasteiger partial charge on any atom is -0.319 e. The van der Waals surface area contributed by atoms with Crippen molar-refractivity contribution in [2.24, 2.45) is 5.41 Å². The lowest BCUT2D eigenvalue weighted by atomic mass is 9.73. The summed E-state index contributed by atoms with van der Waals surface area (Å²) < 4.78 is 0. The molecule has 1 heterocycles. The zero-order chi connectivity index (χ0) is 13.8. The third kappa shape index (κ3) is 3.63. The molecule has 2 fully saturated rings. The van der Waals surface area contributed by atoms with E-state index in [1.165, 1.54) is 69.5 Å². The van der Waals surface area contributed by atoms with Crippen LogP contribution in [0.1, 0.15) is 49.8 Å². The van der Waals surface area contributed by atoms with Gasteiger partial charge in [-0.15, -0.1) is 11.3 Å². The van der Waals surface area contributed by atoms with Gasteiger partial charge in [-0.1, -0.05) is 25.3 Å². The van der Waals surface area contributed by atoms with Crippen LogP contribution in [0.4, 0.5) is 0 Å². The van der Waals surface area contributed by atoms with Gasteiger partial charge in [-0.05, 0) is 49.6 Å². The Balaban J connectivity index is 1.67. The maximum atomic E-state index is 3.48. The van der Waals surface area contributed by atoms with Gasteiger partial charge in [0.25, 0.3) is 0 Å². The Hall–Kier alpha value is -0.380. The minimum atomic E-state index is 0.535. The average Bonchev–Trinajstić information content (AvgIpc) is 3.18. The second-order valence-corrected chi connectivity index (χ2v) is 7.84. The van der Waals surface area contributed by atoms with Gasteiger partial charge in [0.05, 0.1) is 0 Å². The van der Waals surface area contributed by atoms with Gasteiger partial charge in [-0.3, -0.25) is 4.90 Å². The highest BCUT2D eigenvalue weighted by molar-refractivity contribution is 7.09. The topological polar surface area (TPSA) is 15.3 Å². The molecule has 0 aromatic carbocycles. The van der Waals surface area contributed by atoms with Crippen molar-refractivity contribution in [1.82, 2.24) is 10.2 Å². The Morgan fingerprint density at radius 2 is 2.10 bits per heavy atom. The quantitative estimate of drug-likeness (QED) is 0.820. The molecule has 0 atom stereocenters. The van der Waals surface area contributed by atoms with E-state index >= 15 is 0 Å². The van der Waals surface area contributed by atoms with Crippen LogP contribution >= 0.6 is 11.3 Å². The van der Waals surface area contributed by atoms with Crippen molar-refractivity contribution in [2.75, 3.05) is 20.1 Å². The molecule has 3 heteroatoms. The normalized spacial score (nSPS) is 22.3. The molecule has 2 saturated carbocycles. The molecule has 0 spiro atoms. The number of nitrogens with one attached hydrogen (secondary N) is 1. The summed E-state index contributed by atoms with van der Waals surface area (Å²) in [6.45, 7) is 3.67. The van der Waals surface area contributed by atoms with E-state index in [0.29, 0.717) is 5.41 Å². The Morgan fingerprint density at radius 1 is 1.30 bits per heavy atom. The summed E-state index contributed by atoms with van der Waals surface area (Å²) in [6, 6.07) is 5.36. The summed E-state index contributed by atoms with van der Waals surface area (Å²) in [4.78, 5) is 4.32. The van der Waals surface area contributed by atoms with Gasteiger partial charge in [0, 0.05) is 30.6 Å².